The standard InChI is InChI=1S/2C9H17NO4/c2*1-7(11)9(14,5-8(12)13)6-10(2,3)4/h2*14H,5-6H2,1-4H3. The summed E-state index contributed by atoms with van der Waals surface area (Å²) >= 11 is 0. The van der Waals surface area contributed by atoms with Crippen LogP contribution in [0.3, 0.4) is 0 Å². The van der Waals surface area contributed by atoms with E-state index in [2.05, 4.69) is 0 Å². The fraction of sp³-hybridized carbons (Fsp3) is 0.778. The zero-order valence-electron chi connectivity index (χ0n) is 18.1. The summed E-state index contributed by atoms with van der Waals surface area (Å²) < 4.78 is 0.618. The molecule has 0 saturated heterocycles. The van der Waals surface area contributed by atoms with Gasteiger partial charge in [0.15, 0.2) is 22.8 Å². The smallest absolute Gasteiger partial charge is 0.176 e. The minimum absolute atomic E-state index is 0.0519. The quantitative estimate of drug-likeness (QED) is 0.351. The highest BCUT2D eigenvalue weighted by Gasteiger charge is 2.39. The van der Waals surface area contributed by atoms with Crippen LogP contribution in [-0.4, -0.2) is 109 Å². The Morgan fingerprint density at radius 3 is 1.00 bits per heavy atom. The Morgan fingerprint density at radius 2 is 0.893 bits per heavy atom. The lowest BCUT2D eigenvalue weighted by Gasteiger charge is -2.34. The summed E-state index contributed by atoms with van der Waals surface area (Å²) in [4.78, 5) is 43.0. The van der Waals surface area contributed by atoms with Crippen molar-refractivity contribution in [2.75, 3.05) is 55.4 Å². The van der Waals surface area contributed by atoms with E-state index in [1.807, 2.05) is 0 Å². The number of aliphatic hydroxyl groups is 2. The molecule has 2 atom stereocenters. The van der Waals surface area contributed by atoms with Gasteiger partial charge in [0.05, 0.1) is 42.3 Å². The number of aliphatic carboxylic acids is 2. The molecule has 0 bridgehead atoms. The van der Waals surface area contributed by atoms with Crippen molar-refractivity contribution in [3.05, 3.63) is 0 Å². The van der Waals surface area contributed by atoms with Crippen LogP contribution in [0.25, 0.3) is 0 Å². The van der Waals surface area contributed by atoms with Gasteiger partial charge >= 0.3 is 0 Å². The lowest BCUT2D eigenvalue weighted by molar-refractivity contribution is -0.875. The molecule has 10 nitrogen and oxygen atoms in total. The predicted molar refractivity (Wildman–Crippen MR) is 96.3 cm³/mol. The van der Waals surface area contributed by atoms with E-state index in [0.717, 1.165) is 0 Å². The van der Waals surface area contributed by atoms with Crippen molar-refractivity contribution in [2.24, 2.45) is 0 Å². The van der Waals surface area contributed by atoms with Crippen molar-refractivity contribution in [1.82, 2.24) is 0 Å². The Hall–Kier alpha value is -1.88. The lowest BCUT2D eigenvalue weighted by Crippen LogP contribution is -2.55. The second kappa shape index (κ2) is 10.1. The number of rotatable bonds is 10. The van der Waals surface area contributed by atoms with Crippen molar-refractivity contribution < 1.29 is 48.6 Å². The van der Waals surface area contributed by atoms with Gasteiger partial charge in [-0.05, 0) is 13.8 Å². The maximum Gasteiger partial charge on any atom is 0.176 e. The van der Waals surface area contributed by atoms with Crippen LogP contribution in [0.4, 0.5) is 0 Å². The molecule has 0 fully saturated rings. The Balaban J connectivity index is 0. The fourth-order valence-corrected chi connectivity index (χ4v) is 2.63. The number of carboxylic acid groups (broad SMARTS) is 2. The van der Waals surface area contributed by atoms with Crippen LogP contribution in [0, 0.1) is 0 Å². The fourth-order valence-electron chi connectivity index (χ4n) is 2.63. The Bertz CT molecular complexity index is 539. The summed E-state index contributed by atoms with van der Waals surface area (Å²) in [6, 6.07) is 0. The predicted octanol–water partition coefficient (Wildman–Crippen LogP) is -3.69. The number of carbonyl (C=O) groups is 4. The van der Waals surface area contributed by atoms with Gasteiger partial charge in [0.25, 0.3) is 0 Å². The van der Waals surface area contributed by atoms with Gasteiger partial charge in [0.2, 0.25) is 0 Å². The topological polar surface area (TPSA) is 155 Å². The molecule has 0 aliphatic carbocycles. The van der Waals surface area contributed by atoms with Gasteiger partial charge in [-0.15, -0.1) is 0 Å². The molecule has 10 heteroatoms. The van der Waals surface area contributed by atoms with E-state index in [1.165, 1.54) is 13.8 Å². The summed E-state index contributed by atoms with van der Waals surface area (Å²) in [7, 11) is 10.6. The van der Waals surface area contributed by atoms with Crippen LogP contribution in [0.5, 0.6) is 0 Å². The van der Waals surface area contributed by atoms with E-state index in [9.17, 15) is 39.6 Å². The highest BCUT2D eigenvalue weighted by molar-refractivity contribution is 5.89. The van der Waals surface area contributed by atoms with Crippen LogP contribution in [0.1, 0.15) is 26.7 Å². The average molecular weight is 406 g/mol. The highest BCUT2D eigenvalue weighted by Crippen LogP contribution is 2.16. The molecule has 0 heterocycles. The molecule has 0 aromatic carbocycles. The molecule has 0 aromatic heterocycles. The number of carboxylic acids is 2. The molecule has 0 radical (unpaired) electrons. The van der Waals surface area contributed by atoms with Crippen LogP contribution < -0.4 is 10.2 Å². The molecule has 2 unspecified atom stereocenters. The zero-order valence-corrected chi connectivity index (χ0v) is 18.1. The van der Waals surface area contributed by atoms with Crippen molar-refractivity contribution in [2.45, 2.75) is 37.9 Å². The van der Waals surface area contributed by atoms with Crippen LogP contribution in [0.2, 0.25) is 0 Å². The van der Waals surface area contributed by atoms with Crippen molar-refractivity contribution in [1.29, 1.82) is 0 Å². The minimum Gasteiger partial charge on any atom is -0.550 e. The van der Waals surface area contributed by atoms with Crippen molar-refractivity contribution in [3.63, 3.8) is 0 Å². The molecule has 0 aliphatic heterocycles. The molecule has 0 aliphatic rings. The van der Waals surface area contributed by atoms with Gasteiger partial charge in [-0.3, -0.25) is 9.59 Å². The molecule has 28 heavy (non-hydrogen) atoms. The van der Waals surface area contributed by atoms with Gasteiger partial charge in [-0.2, -0.15) is 0 Å². The normalized spacial score (nSPS) is 16.1. The van der Waals surface area contributed by atoms with Gasteiger partial charge in [0.1, 0.15) is 13.1 Å². The molecule has 0 saturated carbocycles. The third kappa shape index (κ3) is 12.5. The monoisotopic (exact) mass is 406 g/mol. The van der Waals surface area contributed by atoms with Gasteiger partial charge < -0.3 is 39.0 Å². The molecular formula is C18H34N2O8. The maximum absolute atomic E-state index is 11.1. The summed E-state index contributed by atoms with van der Waals surface area (Å²) in [5, 5.41) is 40.4. The van der Waals surface area contributed by atoms with Crippen molar-refractivity contribution in [3.8, 4) is 0 Å². The van der Waals surface area contributed by atoms with Gasteiger partial charge in [-0.25, -0.2) is 0 Å². The van der Waals surface area contributed by atoms with E-state index >= 15 is 0 Å². The van der Waals surface area contributed by atoms with E-state index in [-0.39, 0.29) is 13.1 Å². The third-order valence-corrected chi connectivity index (χ3v) is 3.66. The van der Waals surface area contributed by atoms with E-state index in [4.69, 9.17) is 0 Å². The SMILES string of the molecule is CC(=O)C(O)(CC(=O)[O-])C[N+](C)(C)C.CC(=O)C(O)(CC(=O)[O-])C[N+](C)(C)C. The van der Waals surface area contributed by atoms with Crippen LogP contribution >= 0.6 is 0 Å². The number of quaternary nitrogens is 2. The van der Waals surface area contributed by atoms with Gasteiger partial charge in [0, 0.05) is 24.8 Å². The van der Waals surface area contributed by atoms with Crippen molar-refractivity contribution >= 4 is 23.5 Å². The first-order valence-electron chi connectivity index (χ1n) is 8.61. The minimum atomic E-state index is -1.82. The molecule has 164 valence electrons. The summed E-state index contributed by atoms with van der Waals surface area (Å²) in [5.74, 6) is -3.93. The number of likely N-dealkylation sites (N-methyl/N-ethyl adjacent to an activating group) is 2. The maximum atomic E-state index is 11.1. The second-order valence-corrected chi connectivity index (χ2v) is 9.17. The number of hydrogen-bond acceptors (Lipinski definition) is 8. The first kappa shape index (κ1) is 28.3. The first-order valence-corrected chi connectivity index (χ1v) is 8.61. The summed E-state index contributed by atoms with van der Waals surface area (Å²) in [6.07, 6.45) is -1.31. The van der Waals surface area contributed by atoms with Crippen LogP contribution in [-0.2, 0) is 19.2 Å². The number of Topliss-reactive ketones (excluding diaryl/α,β-unsaturated/α-hetero) is 2. The Morgan fingerprint density at radius 1 is 0.679 bits per heavy atom. The largest absolute Gasteiger partial charge is 0.550 e. The number of hydrogen-bond donors (Lipinski definition) is 2. The summed E-state index contributed by atoms with van der Waals surface area (Å²) in [6.45, 7) is 2.46. The molecule has 0 spiro atoms. The Kier molecular flexibility index (Phi) is 10.2. The Labute approximate surface area is 166 Å². The van der Waals surface area contributed by atoms with E-state index < -0.39 is 47.5 Å². The molecule has 0 amide bonds. The molecule has 2 N–H and O–H groups in total. The molecule has 0 aromatic rings. The third-order valence-electron chi connectivity index (χ3n) is 3.66. The molecular weight excluding hydrogens is 372 g/mol. The number of ketones is 2. The van der Waals surface area contributed by atoms with Gasteiger partial charge in [-0.1, -0.05) is 0 Å². The summed E-state index contributed by atoms with van der Waals surface area (Å²) in [5.41, 5.74) is -3.64. The van der Waals surface area contributed by atoms with E-state index in [1.54, 1.807) is 42.3 Å². The number of nitrogens with zero attached hydrogens (tertiary/aromatic N) is 2. The number of carbonyl (C=O) groups excluding carboxylic acids is 4. The average Bonchev–Trinajstić information content (AvgIpc) is 2.31. The van der Waals surface area contributed by atoms with E-state index in [0.29, 0.717) is 8.97 Å². The highest BCUT2D eigenvalue weighted by atomic mass is 16.4. The second-order valence-electron chi connectivity index (χ2n) is 9.17. The molecule has 0 rings (SSSR count). The lowest BCUT2D eigenvalue weighted by atomic mass is 9.94. The van der Waals surface area contributed by atoms with Crippen LogP contribution in [0.15, 0.2) is 0 Å². The first-order chi connectivity index (χ1) is 12.1. The zero-order chi connectivity index (χ0) is 23.1.